The highest BCUT2D eigenvalue weighted by atomic mass is 35.5. The number of carbonyl (C=O) groups excluding carboxylic acids is 1. The van der Waals surface area contributed by atoms with E-state index in [2.05, 4.69) is 4.98 Å². The Morgan fingerprint density at radius 3 is 2.07 bits per heavy atom. The Labute approximate surface area is 176 Å². The Morgan fingerprint density at radius 2 is 1.55 bits per heavy atom. The first-order valence-electron chi connectivity index (χ1n) is 8.72. The first-order valence-corrected chi connectivity index (χ1v) is 9.98. The summed E-state index contributed by atoms with van der Waals surface area (Å²) in [5.41, 5.74) is 2.36. The highest BCUT2D eigenvalue weighted by molar-refractivity contribution is 8.00. The van der Waals surface area contributed by atoms with Crippen molar-refractivity contribution in [3.05, 3.63) is 93.6 Å². The summed E-state index contributed by atoms with van der Waals surface area (Å²) in [6, 6.07) is 15.4. The van der Waals surface area contributed by atoms with Crippen LogP contribution in [0.1, 0.15) is 37.9 Å². The van der Waals surface area contributed by atoms with Gasteiger partial charge in [0, 0.05) is 11.8 Å². The Balaban J connectivity index is 1.98. The van der Waals surface area contributed by atoms with Crippen LogP contribution in [0.2, 0.25) is 5.02 Å². The van der Waals surface area contributed by atoms with E-state index in [0.29, 0.717) is 5.56 Å². The average molecular weight is 436 g/mol. The van der Waals surface area contributed by atoms with Gasteiger partial charge in [0.2, 0.25) is 0 Å². The summed E-state index contributed by atoms with van der Waals surface area (Å²) in [4.78, 5) is 17.1. The van der Waals surface area contributed by atoms with Crippen LogP contribution in [0.3, 0.4) is 0 Å². The second kappa shape index (κ2) is 8.59. The molecule has 1 aromatic heterocycles. The SMILES string of the molecule is Cc1ccc(C(=O)[C@@H](Sc2ncc(C(F)(F)F)cc2Cl)c2ccc(C)cc2)cc1. The molecule has 3 aromatic rings. The van der Waals surface area contributed by atoms with Gasteiger partial charge in [-0.25, -0.2) is 4.98 Å². The molecule has 0 N–H and O–H groups in total. The maximum absolute atomic E-state index is 13.2. The van der Waals surface area contributed by atoms with E-state index in [1.54, 1.807) is 12.1 Å². The van der Waals surface area contributed by atoms with E-state index in [0.717, 1.165) is 40.7 Å². The fraction of sp³-hybridized carbons (Fsp3) is 0.182. The summed E-state index contributed by atoms with van der Waals surface area (Å²) < 4.78 is 38.7. The maximum Gasteiger partial charge on any atom is 0.417 e. The van der Waals surface area contributed by atoms with Gasteiger partial charge in [-0.3, -0.25) is 4.79 Å². The molecule has 0 aliphatic carbocycles. The quantitative estimate of drug-likeness (QED) is 0.316. The minimum Gasteiger partial charge on any atom is -0.293 e. The molecule has 2 aromatic carbocycles. The van der Waals surface area contributed by atoms with Crippen LogP contribution in [0, 0.1) is 13.8 Å². The van der Waals surface area contributed by atoms with Crippen molar-refractivity contribution in [2.24, 2.45) is 0 Å². The minimum absolute atomic E-state index is 0.140. The number of aryl methyl sites for hydroxylation is 2. The lowest BCUT2D eigenvalue weighted by Gasteiger charge is -2.17. The number of benzene rings is 2. The van der Waals surface area contributed by atoms with E-state index in [1.165, 1.54) is 0 Å². The molecule has 1 atom stereocenters. The van der Waals surface area contributed by atoms with Crippen molar-refractivity contribution in [3.8, 4) is 0 Å². The lowest BCUT2D eigenvalue weighted by atomic mass is 10.0. The Hall–Kier alpha value is -2.31. The molecule has 0 spiro atoms. The molecule has 7 heteroatoms. The number of hydrogen-bond donors (Lipinski definition) is 0. The number of alkyl halides is 3. The number of nitrogens with zero attached hydrogens (tertiary/aromatic N) is 1. The van der Waals surface area contributed by atoms with E-state index in [4.69, 9.17) is 11.6 Å². The first kappa shape index (κ1) is 21.4. The predicted octanol–water partition coefficient (Wildman–Crippen LogP) is 7.09. The largest absolute Gasteiger partial charge is 0.417 e. The van der Waals surface area contributed by atoms with E-state index >= 15 is 0 Å². The van der Waals surface area contributed by atoms with E-state index < -0.39 is 17.0 Å². The summed E-state index contributed by atoms with van der Waals surface area (Å²) in [7, 11) is 0. The third-order valence-corrected chi connectivity index (χ3v) is 5.99. The van der Waals surface area contributed by atoms with E-state index in [-0.39, 0.29) is 15.8 Å². The van der Waals surface area contributed by atoms with Crippen LogP contribution in [-0.4, -0.2) is 10.8 Å². The smallest absolute Gasteiger partial charge is 0.293 e. The second-order valence-electron chi connectivity index (χ2n) is 6.65. The molecule has 0 unspecified atom stereocenters. The molecular formula is C22H17ClF3NOS. The fourth-order valence-corrected chi connectivity index (χ4v) is 4.01. The van der Waals surface area contributed by atoms with Crippen molar-refractivity contribution in [1.82, 2.24) is 4.98 Å². The molecule has 0 amide bonds. The van der Waals surface area contributed by atoms with Gasteiger partial charge in [0.1, 0.15) is 5.03 Å². The molecule has 3 rings (SSSR count). The van der Waals surface area contributed by atoms with Gasteiger partial charge in [0.15, 0.2) is 5.78 Å². The lowest BCUT2D eigenvalue weighted by Crippen LogP contribution is -2.11. The molecule has 0 bridgehead atoms. The molecule has 150 valence electrons. The predicted molar refractivity (Wildman–Crippen MR) is 110 cm³/mol. The average Bonchev–Trinajstić information content (AvgIpc) is 2.67. The molecule has 0 saturated heterocycles. The topological polar surface area (TPSA) is 30.0 Å². The molecule has 0 fully saturated rings. The van der Waals surface area contributed by atoms with Gasteiger partial charge in [0.05, 0.1) is 15.8 Å². The molecule has 0 radical (unpaired) electrons. The van der Waals surface area contributed by atoms with Gasteiger partial charge in [-0.1, -0.05) is 83.0 Å². The number of pyridine rings is 1. The minimum atomic E-state index is -4.53. The summed E-state index contributed by atoms with van der Waals surface area (Å²) >= 11 is 7.11. The van der Waals surface area contributed by atoms with Gasteiger partial charge >= 0.3 is 6.18 Å². The Bertz CT molecular complexity index is 1020. The van der Waals surface area contributed by atoms with Crippen LogP contribution in [0.25, 0.3) is 0 Å². The molecule has 29 heavy (non-hydrogen) atoms. The number of carbonyl (C=O) groups is 1. The number of Topliss-reactive ketones (excluding diaryl/α,β-unsaturated/α-hetero) is 1. The summed E-state index contributed by atoms with van der Waals surface area (Å²) in [6.45, 7) is 3.86. The number of rotatable bonds is 5. The van der Waals surface area contributed by atoms with Crippen LogP contribution in [0.15, 0.2) is 65.8 Å². The molecule has 1 heterocycles. The molecule has 0 aliphatic rings. The van der Waals surface area contributed by atoms with Crippen LogP contribution in [-0.2, 0) is 6.18 Å². The number of thioether (sulfide) groups is 1. The third kappa shape index (κ3) is 5.19. The van der Waals surface area contributed by atoms with Gasteiger partial charge in [-0.15, -0.1) is 0 Å². The maximum atomic E-state index is 13.2. The van der Waals surface area contributed by atoms with Crippen LogP contribution >= 0.6 is 23.4 Å². The lowest BCUT2D eigenvalue weighted by molar-refractivity contribution is -0.137. The van der Waals surface area contributed by atoms with Crippen molar-refractivity contribution >= 4 is 29.1 Å². The fourth-order valence-electron chi connectivity index (χ4n) is 2.66. The second-order valence-corrected chi connectivity index (χ2v) is 8.15. The first-order chi connectivity index (χ1) is 13.6. The number of halogens is 4. The monoisotopic (exact) mass is 435 g/mol. The van der Waals surface area contributed by atoms with Crippen molar-refractivity contribution in [1.29, 1.82) is 0 Å². The van der Waals surface area contributed by atoms with Gasteiger partial charge in [0.25, 0.3) is 0 Å². The Kier molecular flexibility index (Phi) is 6.34. The summed E-state index contributed by atoms with van der Waals surface area (Å²) in [6.07, 6.45) is -3.80. The summed E-state index contributed by atoms with van der Waals surface area (Å²) in [5, 5.41) is -0.663. The Morgan fingerprint density at radius 1 is 1.00 bits per heavy atom. The van der Waals surface area contributed by atoms with Gasteiger partial charge < -0.3 is 0 Å². The molecular weight excluding hydrogens is 419 g/mol. The number of hydrogen-bond acceptors (Lipinski definition) is 3. The highest BCUT2D eigenvalue weighted by Gasteiger charge is 2.32. The van der Waals surface area contributed by atoms with Crippen molar-refractivity contribution < 1.29 is 18.0 Å². The zero-order chi connectivity index (χ0) is 21.2. The van der Waals surface area contributed by atoms with Crippen molar-refractivity contribution in [3.63, 3.8) is 0 Å². The zero-order valence-corrected chi connectivity index (χ0v) is 17.2. The van der Waals surface area contributed by atoms with Gasteiger partial charge in [-0.05, 0) is 25.5 Å². The highest BCUT2D eigenvalue weighted by Crippen LogP contribution is 2.41. The zero-order valence-electron chi connectivity index (χ0n) is 15.6. The standard InChI is InChI=1S/C22H17ClF3NOS/c1-13-3-7-15(8-4-13)19(28)20(16-9-5-14(2)6-10-16)29-21-18(23)11-17(12-27-21)22(24,25)26/h3-12,20H,1-2H3/t20-/m0/s1. The number of aromatic nitrogens is 1. The van der Waals surface area contributed by atoms with E-state index in [9.17, 15) is 18.0 Å². The summed E-state index contributed by atoms with van der Waals surface area (Å²) in [5.74, 6) is -0.170. The normalized spacial score (nSPS) is 12.6. The van der Waals surface area contributed by atoms with Crippen LogP contribution in [0.4, 0.5) is 13.2 Å². The van der Waals surface area contributed by atoms with E-state index in [1.807, 2.05) is 50.2 Å². The van der Waals surface area contributed by atoms with Crippen molar-refractivity contribution in [2.45, 2.75) is 30.3 Å². The molecule has 0 saturated carbocycles. The van der Waals surface area contributed by atoms with Gasteiger partial charge in [-0.2, -0.15) is 13.2 Å². The molecule has 0 aliphatic heterocycles. The number of ketones is 1. The van der Waals surface area contributed by atoms with Crippen molar-refractivity contribution in [2.75, 3.05) is 0 Å². The third-order valence-electron chi connectivity index (χ3n) is 4.32. The molecule has 2 nitrogen and oxygen atoms in total. The van der Waals surface area contributed by atoms with Crippen LogP contribution < -0.4 is 0 Å². The van der Waals surface area contributed by atoms with Crippen LogP contribution in [0.5, 0.6) is 0 Å².